The lowest BCUT2D eigenvalue weighted by Crippen LogP contribution is -2.27. The van der Waals surface area contributed by atoms with Crippen LogP contribution in [0.15, 0.2) is 84.0 Å². The topological polar surface area (TPSA) is 129 Å². The molecule has 0 saturated carbocycles. The lowest BCUT2D eigenvalue weighted by molar-refractivity contribution is -0.118. The number of ether oxygens (including phenoxy) is 4. The Hall–Kier alpha value is -5.38. The van der Waals surface area contributed by atoms with E-state index in [-0.39, 0.29) is 18.8 Å². The quantitative estimate of drug-likeness (QED) is 0.140. The van der Waals surface area contributed by atoms with Crippen LogP contribution in [0.5, 0.6) is 11.5 Å². The maximum atomic E-state index is 13.5. The minimum absolute atomic E-state index is 0.197. The number of carbonyl (C=O) groups is 4. The minimum atomic E-state index is -0.686. The molecule has 222 valence electrons. The van der Waals surface area contributed by atoms with Crippen LogP contribution in [0.2, 0.25) is 0 Å². The van der Waals surface area contributed by atoms with Crippen molar-refractivity contribution in [3.05, 3.63) is 101 Å². The SMILES string of the molecule is CCOC(=O)c1ccc(NC(=O)C(=CC2=Cc3cccc(OC)c3OC2C)C(=O)Nc2ccc(C(=O)OCC)cc2)cc1. The third-order valence-corrected chi connectivity index (χ3v) is 6.42. The van der Waals surface area contributed by atoms with Crippen molar-refractivity contribution >= 4 is 41.2 Å². The molecule has 2 amide bonds. The average Bonchev–Trinajstić information content (AvgIpc) is 3.00. The predicted molar refractivity (Wildman–Crippen MR) is 161 cm³/mol. The van der Waals surface area contributed by atoms with E-state index in [4.69, 9.17) is 18.9 Å². The van der Waals surface area contributed by atoms with Crippen molar-refractivity contribution in [1.29, 1.82) is 0 Å². The molecule has 0 aromatic heterocycles. The summed E-state index contributed by atoms with van der Waals surface area (Å²) >= 11 is 0. The number of rotatable bonds is 10. The second kappa shape index (κ2) is 14.0. The first-order chi connectivity index (χ1) is 20.7. The van der Waals surface area contributed by atoms with Gasteiger partial charge in [-0.3, -0.25) is 9.59 Å². The minimum Gasteiger partial charge on any atom is -0.493 e. The van der Waals surface area contributed by atoms with Gasteiger partial charge < -0.3 is 29.6 Å². The van der Waals surface area contributed by atoms with Crippen LogP contribution in [-0.2, 0) is 19.1 Å². The highest BCUT2D eigenvalue weighted by atomic mass is 16.5. The number of anilines is 2. The van der Waals surface area contributed by atoms with Gasteiger partial charge in [0, 0.05) is 16.9 Å². The first kappa shape index (κ1) is 30.6. The number of carbonyl (C=O) groups excluding carboxylic acids is 4. The van der Waals surface area contributed by atoms with Gasteiger partial charge in [0.2, 0.25) is 0 Å². The molecule has 10 nitrogen and oxygen atoms in total. The number of para-hydroxylation sites is 1. The van der Waals surface area contributed by atoms with Crippen molar-refractivity contribution in [3.8, 4) is 11.5 Å². The second-order valence-corrected chi connectivity index (χ2v) is 9.34. The summed E-state index contributed by atoms with van der Waals surface area (Å²) in [5.74, 6) is -1.21. The monoisotopic (exact) mass is 584 g/mol. The Kier molecular flexibility index (Phi) is 9.95. The van der Waals surface area contributed by atoms with Crippen LogP contribution in [0.3, 0.4) is 0 Å². The largest absolute Gasteiger partial charge is 0.493 e. The molecule has 2 N–H and O–H groups in total. The Bertz CT molecular complexity index is 1500. The lowest BCUT2D eigenvalue weighted by atomic mass is 9.99. The van der Waals surface area contributed by atoms with Crippen molar-refractivity contribution in [2.45, 2.75) is 26.9 Å². The van der Waals surface area contributed by atoms with E-state index in [2.05, 4.69) is 10.6 Å². The van der Waals surface area contributed by atoms with E-state index in [1.54, 1.807) is 58.2 Å². The van der Waals surface area contributed by atoms with E-state index in [0.717, 1.165) is 5.56 Å². The smallest absolute Gasteiger partial charge is 0.338 e. The number of hydrogen-bond donors (Lipinski definition) is 2. The third kappa shape index (κ3) is 7.48. The standard InChI is InChI=1S/C33H32N2O8/c1-5-41-32(38)21-10-14-25(15-11-21)34-30(36)27(31(37)35-26-16-12-22(13-17-26)33(39)42-6-2)19-24-18-23-8-7-9-28(40-4)29(23)43-20(24)3/h7-20H,5-6H2,1-4H3,(H,34,36)(H,35,37). The van der Waals surface area contributed by atoms with Gasteiger partial charge in [-0.2, -0.15) is 0 Å². The summed E-state index contributed by atoms with van der Waals surface area (Å²) in [4.78, 5) is 51.0. The summed E-state index contributed by atoms with van der Waals surface area (Å²) in [7, 11) is 1.55. The van der Waals surface area contributed by atoms with Gasteiger partial charge in [0.15, 0.2) is 11.5 Å². The molecule has 1 aliphatic heterocycles. The van der Waals surface area contributed by atoms with Gasteiger partial charge in [0.1, 0.15) is 11.7 Å². The van der Waals surface area contributed by atoms with Crippen molar-refractivity contribution in [3.63, 3.8) is 0 Å². The van der Waals surface area contributed by atoms with E-state index >= 15 is 0 Å². The number of benzene rings is 3. The highest BCUT2D eigenvalue weighted by Crippen LogP contribution is 2.38. The summed E-state index contributed by atoms with van der Waals surface area (Å²) < 4.78 is 21.5. The molecule has 1 aliphatic rings. The summed E-state index contributed by atoms with van der Waals surface area (Å²) in [6, 6.07) is 17.7. The van der Waals surface area contributed by atoms with Crippen LogP contribution >= 0.6 is 0 Å². The van der Waals surface area contributed by atoms with Crippen LogP contribution in [0.25, 0.3) is 6.08 Å². The van der Waals surface area contributed by atoms with Gasteiger partial charge >= 0.3 is 11.9 Å². The number of fused-ring (bicyclic) bond motifs is 1. The maximum Gasteiger partial charge on any atom is 0.338 e. The maximum absolute atomic E-state index is 13.5. The van der Waals surface area contributed by atoms with Crippen LogP contribution in [0.4, 0.5) is 11.4 Å². The highest BCUT2D eigenvalue weighted by Gasteiger charge is 2.25. The number of hydrogen-bond acceptors (Lipinski definition) is 8. The highest BCUT2D eigenvalue weighted by molar-refractivity contribution is 6.26. The normalized spacial score (nSPS) is 13.3. The molecule has 0 radical (unpaired) electrons. The first-order valence-corrected chi connectivity index (χ1v) is 13.7. The van der Waals surface area contributed by atoms with Crippen LogP contribution < -0.4 is 20.1 Å². The van der Waals surface area contributed by atoms with Gasteiger partial charge in [-0.1, -0.05) is 12.1 Å². The van der Waals surface area contributed by atoms with Gasteiger partial charge in [-0.05, 0) is 93.1 Å². The number of nitrogens with one attached hydrogen (secondary N) is 2. The number of esters is 2. The molecule has 0 aliphatic carbocycles. The molecular formula is C33H32N2O8. The molecule has 43 heavy (non-hydrogen) atoms. The Morgan fingerprint density at radius 1 is 0.791 bits per heavy atom. The Morgan fingerprint density at radius 3 is 1.77 bits per heavy atom. The molecule has 0 fully saturated rings. The molecular weight excluding hydrogens is 552 g/mol. The van der Waals surface area contributed by atoms with Crippen LogP contribution in [-0.4, -0.2) is 50.2 Å². The van der Waals surface area contributed by atoms with Crippen molar-refractivity contribution in [2.24, 2.45) is 0 Å². The van der Waals surface area contributed by atoms with Crippen LogP contribution in [0.1, 0.15) is 47.1 Å². The second-order valence-electron chi connectivity index (χ2n) is 9.34. The van der Waals surface area contributed by atoms with Crippen molar-refractivity contribution < 1.29 is 38.1 Å². The zero-order valence-electron chi connectivity index (χ0n) is 24.3. The molecule has 1 heterocycles. The van der Waals surface area contributed by atoms with Gasteiger partial charge in [0.05, 0.1) is 31.5 Å². The summed E-state index contributed by atoms with van der Waals surface area (Å²) in [5.41, 5.74) is 2.50. The fraction of sp³-hybridized carbons (Fsp3) is 0.212. The number of amides is 2. The molecule has 1 atom stereocenters. The van der Waals surface area contributed by atoms with Crippen LogP contribution in [0, 0.1) is 0 Å². The van der Waals surface area contributed by atoms with E-state index in [1.165, 1.54) is 30.3 Å². The fourth-order valence-electron chi connectivity index (χ4n) is 4.24. The lowest BCUT2D eigenvalue weighted by Gasteiger charge is -2.25. The fourth-order valence-corrected chi connectivity index (χ4v) is 4.24. The van der Waals surface area contributed by atoms with Gasteiger partial charge in [-0.25, -0.2) is 9.59 Å². The molecule has 1 unspecified atom stereocenters. The Morgan fingerprint density at radius 2 is 1.30 bits per heavy atom. The van der Waals surface area contributed by atoms with Gasteiger partial charge in [0.25, 0.3) is 11.8 Å². The zero-order valence-corrected chi connectivity index (χ0v) is 24.3. The van der Waals surface area contributed by atoms with E-state index in [9.17, 15) is 19.2 Å². The average molecular weight is 585 g/mol. The van der Waals surface area contributed by atoms with E-state index < -0.39 is 29.9 Å². The molecule has 0 bridgehead atoms. The summed E-state index contributed by atoms with van der Waals surface area (Å²) in [5, 5.41) is 5.43. The van der Waals surface area contributed by atoms with Gasteiger partial charge in [-0.15, -0.1) is 0 Å². The molecule has 3 aromatic carbocycles. The first-order valence-electron chi connectivity index (χ1n) is 13.7. The van der Waals surface area contributed by atoms with Crippen molar-refractivity contribution in [2.75, 3.05) is 31.0 Å². The number of methoxy groups -OCH3 is 1. The molecule has 4 rings (SSSR count). The Labute approximate surface area is 249 Å². The Balaban J connectivity index is 1.64. The predicted octanol–water partition coefficient (Wildman–Crippen LogP) is 5.42. The molecule has 0 saturated heterocycles. The molecule has 3 aromatic rings. The van der Waals surface area contributed by atoms with Crippen molar-refractivity contribution in [1.82, 2.24) is 0 Å². The summed E-state index contributed by atoms with van der Waals surface area (Å²) in [6.07, 6.45) is 2.79. The third-order valence-electron chi connectivity index (χ3n) is 6.42. The van der Waals surface area contributed by atoms with E-state index in [0.29, 0.717) is 39.6 Å². The molecule has 0 spiro atoms. The van der Waals surface area contributed by atoms with E-state index in [1.807, 2.05) is 18.2 Å². The summed E-state index contributed by atoms with van der Waals surface area (Å²) in [6.45, 7) is 5.70. The zero-order chi connectivity index (χ0) is 30.9. The molecule has 10 heteroatoms.